The molecule has 1 saturated heterocycles. The van der Waals surface area contributed by atoms with Gasteiger partial charge in [-0.3, -0.25) is 4.90 Å². The van der Waals surface area contributed by atoms with E-state index in [4.69, 9.17) is 4.74 Å². The summed E-state index contributed by atoms with van der Waals surface area (Å²) in [5, 5.41) is 0. The fourth-order valence-electron chi connectivity index (χ4n) is 3.45. The van der Waals surface area contributed by atoms with Gasteiger partial charge in [0.05, 0.1) is 5.56 Å². The van der Waals surface area contributed by atoms with Gasteiger partial charge in [-0.15, -0.1) is 0 Å². The second kappa shape index (κ2) is 9.19. The van der Waals surface area contributed by atoms with Crippen LogP contribution in [0.25, 0.3) is 0 Å². The van der Waals surface area contributed by atoms with Gasteiger partial charge in [0.2, 0.25) is 0 Å². The van der Waals surface area contributed by atoms with Crippen molar-refractivity contribution in [3.8, 4) is 0 Å². The minimum absolute atomic E-state index is 0.0115. The molecule has 3 atom stereocenters. The van der Waals surface area contributed by atoms with Crippen LogP contribution in [0.5, 0.6) is 0 Å². The van der Waals surface area contributed by atoms with Crippen molar-refractivity contribution in [1.82, 2.24) is 9.80 Å². The Morgan fingerprint density at radius 3 is 2.50 bits per heavy atom. The molecule has 0 amide bonds. The summed E-state index contributed by atoms with van der Waals surface area (Å²) in [6.07, 6.45) is 0.926. The van der Waals surface area contributed by atoms with E-state index in [-0.39, 0.29) is 12.1 Å². The van der Waals surface area contributed by atoms with Crippen molar-refractivity contribution in [2.24, 2.45) is 5.92 Å². The van der Waals surface area contributed by atoms with E-state index in [0.717, 1.165) is 39.1 Å². The van der Waals surface area contributed by atoms with E-state index < -0.39 is 0 Å². The van der Waals surface area contributed by atoms with Gasteiger partial charge in [0.25, 0.3) is 0 Å². The number of esters is 1. The van der Waals surface area contributed by atoms with Gasteiger partial charge in [0.1, 0.15) is 6.10 Å². The molecule has 0 aromatic heterocycles. The van der Waals surface area contributed by atoms with Crippen LogP contribution in [-0.2, 0) is 4.74 Å². The average molecular weight is 332 g/mol. The maximum Gasteiger partial charge on any atom is 0.338 e. The third-order valence-corrected chi connectivity index (χ3v) is 5.22. The van der Waals surface area contributed by atoms with Gasteiger partial charge in [-0.2, -0.15) is 0 Å². The molecule has 0 saturated carbocycles. The second-order valence-corrected chi connectivity index (χ2v) is 6.89. The Bertz CT molecular complexity index is 502. The van der Waals surface area contributed by atoms with Gasteiger partial charge >= 0.3 is 5.97 Å². The lowest BCUT2D eigenvalue weighted by Gasteiger charge is -2.41. The molecule has 1 aliphatic heterocycles. The molecule has 1 aliphatic rings. The molecule has 2 rings (SSSR count). The zero-order valence-electron chi connectivity index (χ0n) is 15.6. The van der Waals surface area contributed by atoms with Gasteiger partial charge in [-0.25, -0.2) is 4.79 Å². The van der Waals surface area contributed by atoms with E-state index >= 15 is 0 Å². The molecular formula is C20H32N2O2. The Kier molecular flexibility index (Phi) is 7.25. The lowest BCUT2D eigenvalue weighted by atomic mass is 9.91. The fraction of sp³-hybridized carbons (Fsp3) is 0.650. The Labute approximate surface area is 146 Å². The Hall–Kier alpha value is -1.39. The zero-order chi connectivity index (χ0) is 17.5. The van der Waals surface area contributed by atoms with E-state index in [9.17, 15) is 4.79 Å². The number of carbonyl (C=O) groups is 1. The number of rotatable bonds is 7. The molecule has 0 spiro atoms. The van der Waals surface area contributed by atoms with Crippen LogP contribution in [0.4, 0.5) is 0 Å². The van der Waals surface area contributed by atoms with Crippen LogP contribution in [0, 0.1) is 5.92 Å². The van der Waals surface area contributed by atoms with Crippen molar-refractivity contribution in [1.29, 1.82) is 0 Å². The van der Waals surface area contributed by atoms with E-state index in [1.165, 1.54) is 0 Å². The lowest BCUT2D eigenvalue weighted by molar-refractivity contribution is -0.0269. The molecule has 0 aliphatic carbocycles. The molecule has 24 heavy (non-hydrogen) atoms. The van der Waals surface area contributed by atoms with Crippen molar-refractivity contribution in [3.63, 3.8) is 0 Å². The van der Waals surface area contributed by atoms with Gasteiger partial charge in [0.15, 0.2) is 0 Å². The van der Waals surface area contributed by atoms with Crippen LogP contribution >= 0.6 is 0 Å². The first-order valence-electron chi connectivity index (χ1n) is 9.27. The molecule has 0 N–H and O–H groups in total. The van der Waals surface area contributed by atoms with Crippen LogP contribution < -0.4 is 0 Å². The van der Waals surface area contributed by atoms with Crippen molar-refractivity contribution in [2.45, 2.75) is 46.3 Å². The number of nitrogens with zero attached hydrogens (tertiary/aromatic N) is 2. The Balaban J connectivity index is 1.87. The number of ether oxygens (including phenoxy) is 1. The lowest BCUT2D eigenvalue weighted by Crippen LogP contribution is -2.50. The zero-order valence-corrected chi connectivity index (χ0v) is 15.6. The minimum Gasteiger partial charge on any atom is -0.458 e. The number of hydrogen-bond acceptors (Lipinski definition) is 4. The largest absolute Gasteiger partial charge is 0.458 e. The monoisotopic (exact) mass is 332 g/mol. The molecular weight excluding hydrogens is 300 g/mol. The normalized spacial score (nSPS) is 25.0. The molecule has 1 fully saturated rings. The first-order chi connectivity index (χ1) is 11.5. The highest BCUT2D eigenvalue weighted by Crippen LogP contribution is 2.25. The number of likely N-dealkylation sites (N-methyl/N-ethyl adjacent to an activating group) is 1. The third-order valence-electron chi connectivity index (χ3n) is 5.22. The number of hydrogen-bond donors (Lipinski definition) is 0. The van der Waals surface area contributed by atoms with Crippen LogP contribution in [0.1, 0.15) is 44.5 Å². The highest BCUT2D eigenvalue weighted by Gasteiger charge is 2.33. The molecule has 3 unspecified atom stereocenters. The molecule has 134 valence electrons. The van der Waals surface area contributed by atoms with Crippen molar-refractivity contribution in [2.75, 3.05) is 32.7 Å². The molecule has 0 bridgehead atoms. The Morgan fingerprint density at radius 2 is 1.88 bits per heavy atom. The SMILES string of the molecule is CCN(CC)CCN1CC(C)C(OC(=O)c2ccccc2)CC1C. The van der Waals surface area contributed by atoms with E-state index in [2.05, 4.69) is 37.5 Å². The molecule has 4 heteroatoms. The maximum absolute atomic E-state index is 12.3. The van der Waals surface area contributed by atoms with Crippen molar-refractivity contribution < 1.29 is 9.53 Å². The maximum atomic E-state index is 12.3. The highest BCUT2D eigenvalue weighted by atomic mass is 16.5. The quantitative estimate of drug-likeness (QED) is 0.717. The summed E-state index contributed by atoms with van der Waals surface area (Å²) < 4.78 is 5.80. The van der Waals surface area contributed by atoms with Crippen LogP contribution in [-0.4, -0.2) is 60.6 Å². The van der Waals surface area contributed by atoms with Crippen molar-refractivity contribution >= 4 is 5.97 Å². The summed E-state index contributed by atoms with van der Waals surface area (Å²) in [5.41, 5.74) is 0.640. The van der Waals surface area contributed by atoms with Gasteiger partial charge < -0.3 is 9.64 Å². The smallest absolute Gasteiger partial charge is 0.338 e. The topological polar surface area (TPSA) is 32.8 Å². The number of piperidine rings is 1. The molecule has 0 radical (unpaired) electrons. The first kappa shape index (κ1) is 18.9. The van der Waals surface area contributed by atoms with Crippen LogP contribution in [0.3, 0.4) is 0 Å². The summed E-state index contributed by atoms with van der Waals surface area (Å²) >= 11 is 0. The summed E-state index contributed by atoms with van der Waals surface area (Å²) in [6, 6.07) is 9.74. The van der Waals surface area contributed by atoms with E-state index in [1.807, 2.05) is 30.3 Å². The average Bonchev–Trinajstić information content (AvgIpc) is 2.60. The second-order valence-electron chi connectivity index (χ2n) is 6.89. The molecule has 1 heterocycles. The van der Waals surface area contributed by atoms with E-state index in [0.29, 0.717) is 17.5 Å². The first-order valence-corrected chi connectivity index (χ1v) is 9.27. The fourth-order valence-corrected chi connectivity index (χ4v) is 3.45. The number of benzene rings is 1. The van der Waals surface area contributed by atoms with Gasteiger partial charge in [0, 0.05) is 31.6 Å². The predicted octanol–water partition coefficient (Wildman–Crippen LogP) is 3.28. The van der Waals surface area contributed by atoms with Crippen LogP contribution in [0.2, 0.25) is 0 Å². The van der Waals surface area contributed by atoms with E-state index in [1.54, 1.807) is 0 Å². The molecule has 4 nitrogen and oxygen atoms in total. The summed E-state index contributed by atoms with van der Waals surface area (Å²) in [5.74, 6) is 0.168. The highest BCUT2D eigenvalue weighted by molar-refractivity contribution is 5.89. The summed E-state index contributed by atoms with van der Waals surface area (Å²) in [6.45, 7) is 14.3. The predicted molar refractivity (Wildman–Crippen MR) is 98.2 cm³/mol. The minimum atomic E-state index is -0.198. The van der Waals surface area contributed by atoms with Gasteiger partial charge in [-0.1, -0.05) is 39.0 Å². The number of likely N-dealkylation sites (tertiary alicyclic amines) is 1. The standard InChI is InChI=1S/C20H32N2O2/c1-5-21(6-2)12-13-22-15-16(3)19(14-17(22)4)24-20(23)18-10-8-7-9-11-18/h7-11,16-17,19H,5-6,12-15H2,1-4H3. The Morgan fingerprint density at radius 1 is 1.21 bits per heavy atom. The summed E-state index contributed by atoms with van der Waals surface area (Å²) in [4.78, 5) is 17.3. The number of carbonyl (C=O) groups excluding carboxylic acids is 1. The van der Waals surface area contributed by atoms with Crippen molar-refractivity contribution in [3.05, 3.63) is 35.9 Å². The molecule has 1 aromatic rings. The summed E-state index contributed by atoms with van der Waals surface area (Å²) in [7, 11) is 0. The molecule has 1 aromatic carbocycles. The van der Waals surface area contributed by atoms with Gasteiger partial charge in [-0.05, 0) is 38.6 Å². The third kappa shape index (κ3) is 5.05. The van der Waals surface area contributed by atoms with Crippen LogP contribution in [0.15, 0.2) is 30.3 Å².